The summed E-state index contributed by atoms with van der Waals surface area (Å²) >= 11 is 0. The van der Waals surface area contributed by atoms with E-state index < -0.39 is 5.60 Å². The zero-order valence-electron chi connectivity index (χ0n) is 11.4. The highest BCUT2D eigenvalue weighted by Gasteiger charge is 2.72. The largest absolute Gasteiger partial charge is 0.393 e. The molecule has 0 saturated heterocycles. The molecule has 17 heavy (non-hydrogen) atoms. The standard InChI is InChI=1S/C15H26O2/c1-12-7-8-15(17,10-16)11(9-12)13(2)5-4-6-14(12,13)3/h11,16-17H,4-10H2,1-3H3/t11-,12+,13+,14-,15+/m0/s1. The van der Waals surface area contributed by atoms with Crippen molar-refractivity contribution in [3.63, 3.8) is 0 Å². The Morgan fingerprint density at radius 2 is 1.76 bits per heavy atom. The van der Waals surface area contributed by atoms with E-state index in [1.54, 1.807) is 0 Å². The van der Waals surface area contributed by atoms with Crippen LogP contribution in [-0.2, 0) is 0 Å². The molecule has 3 aliphatic rings. The lowest BCUT2D eigenvalue weighted by Gasteiger charge is -2.45. The van der Waals surface area contributed by atoms with Gasteiger partial charge in [-0.3, -0.25) is 0 Å². The molecule has 3 saturated carbocycles. The smallest absolute Gasteiger partial charge is 0.0911 e. The summed E-state index contributed by atoms with van der Waals surface area (Å²) in [5, 5.41) is 20.4. The second kappa shape index (κ2) is 3.08. The van der Waals surface area contributed by atoms with Gasteiger partial charge in [0.05, 0.1) is 12.2 Å². The first-order valence-corrected chi connectivity index (χ1v) is 7.15. The quantitative estimate of drug-likeness (QED) is 0.737. The zero-order valence-corrected chi connectivity index (χ0v) is 11.4. The van der Waals surface area contributed by atoms with Crippen molar-refractivity contribution < 1.29 is 10.2 Å². The molecule has 0 aromatic carbocycles. The van der Waals surface area contributed by atoms with Crippen LogP contribution in [0.2, 0.25) is 0 Å². The normalized spacial score (nSPS) is 61.6. The van der Waals surface area contributed by atoms with Gasteiger partial charge in [-0.15, -0.1) is 0 Å². The van der Waals surface area contributed by atoms with Gasteiger partial charge in [0.25, 0.3) is 0 Å². The Labute approximate surface area is 104 Å². The highest BCUT2D eigenvalue weighted by Crippen LogP contribution is 2.77. The maximum absolute atomic E-state index is 10.8. The van der Waals surface area contributed by atoms with Crippen LogP contribution >= 0.6 is 0 Å². The van der Waals surface area contributed by atoms with Crippen LogP contribution in [0.15, 0.2) is 0 Å². The second-order valence-electron chi connectivity index (χ2n) is 7.68. The minimum absolute atomic E-state index is 0.0561. The van der Waals surface area contributed by atoms with Crippen molar-refractivity contribution in [2.24, 2.45) is 22.2 Å². The van der Waals surface area contributed by atoms with Crippen molar-refractivity contribution in [2.45, 2.75) is 64.9 Å². The first-order chi connectivity index (χ1) is 7.81. The molecule has 0 unspecified atom stereocenters. The number of hydrogen-bond acceptors (Lipinski definition) is 2. The molecule has 0 amide bonds. The average molecular weight is 238 g/mol. The molecule has 3 aliphatic carbocycles. The summed E-state index contributed by atoms with van der Waals surface area (Å²) in [5.41, 5.74) is 0.167. The molecule has 0 aliphatic heterocycles. The van der Waals surface area contributed by atoms with Crippen LogP contribution in [0.3, 0.4) is 0 Å². The Morgan fingerprint density at radius 3 is 2.41 bits per heavy atom. The van der Waals surface area contributed by atoms with E-state index in [1.165, 1.54) is 19.3 Å². The number of fused-ring (bicyclic) bond motifs is 5. The third kappa shape index (κ3) is 1.10. The van der Waals surface area contributed by atoms with Crippen molar-refractivity contribution in [3.8, 4) is 0 Å². The Kier molecular flexibility index (Phi) is 2.17. The summed E-state index contributed by atoms with van der Waals surface area (Å²) in [5.74, 6) is 0.297. The van der Waals surface area contributed by atoms with Crippen LogP contribution in [0.1, 0.15) is 59.3 Å². The van der Waals surface area contributed by atoms with Gasteiger partial charge in [0.15, 0.2) is 0 Å². The topological polar surface area (TPSA) is 40.5 Å². The second-order valence-corrected chi connectivity index (χ2v) is 7.68. The summed E-state index contributed by atoms with van der Waals surface area (Å²) in [6, 6.07) is 0. The van der Waals surface area contributed by atoms with Gasteiger partial charge in [0.1, 0.15) is 0 Å². The number of aliphatic hydroxyl groups is 2. The van der Waals surface area contributed by atoms with Crippen molar-refractivity contribution in [1.29, 1.82) is 0 Å². The maximum Gasteiger partial charge on any atom is 0.0911 e. The monoisotopic (exact) mass is 238 g/mol. The Hall–Kier alpha value is -0.0800. The van der Waals surface area contributed by atoms with Gasteiger partial charge < -0.3 is 10.2 Å². The zero-order chi connectivity index (χ0) is 12.5. The third-order valence-corrected chi connectivity index (χ3v) is 7.42. The lowest BCUT2D eigenvalue weighted by Crippen LogP contribution is -2.48. The van der Waals surface area contributed by atoms with E-state index in [0.717, 1.165) is 19.3 Å². The molecule has 2 heteroatoms. The van der Waals surface area contributed by atoms with Crippen molar-refractivity contribution >= 4 is 0 Å². The molecular weight excluding hydrogens is 212 g/mol. The highest BCUT2D eigenvalue weighted by molar-refractivity contribution is 5.21. The lowest BCUT2D eigenvalue weighted by molar-refractivity contribution is -0.113. The van der Waals surface area contributed by atoms with Crippen LogP contribution in [0, 0.1) is 22.2 Å². The fourth-order valence-electron chi connectivity index (χ4n) is 5.84. The molecule has 2 N–H and O–H groups in total. The minimum atomic E-state index is -0.809. The molecule has 0 aromatic rings. The first kappa shape index (κ1) is 12.0. The van der Waals surface area contributed by atoms with E-state index in [-0.39, 0.29) is 12.0 Å². The molecule has 98 valence electrons. The molecule has 0 radical (unpaired) electrons. The van der Waals surface area contributed by atoms with Crippen LogP contribution in [0.5, 0.6) is 0 Å². The van der Waals surface area contributed by atoms with Gasteiger partial charge in [-0.1, -0.05) is 27.2 Å². The van der Waals surface area contributed by atoms with E-state index >= 15 is 0 Å². The molecule has 3 rings (SSSR count). The van der Waals surface area contributed by atoms with Crippen LogP contribution in [0.4, 0.5) is 0 Å². The Balaban J connectivity index is 2.12. The fourth-order valence-corrected chi connectivity index (χ4v) is 5.84. The molecule has 2 bridgehead atoms. The number of hydrogen-bond donors (Lipinski definition) is 2. The molecular formula is C15H26O2. The van der Waals surface area contributed by atoms with Gasteiger partial charge in [-0.25, -0.2) is 0 Å². The summed E-state index contributed by atoms with van der Waals surface area (Å²) in [4.78, 5) is 0. The third-order valence-electron chi connectivity index (χ3n) is 7.42. The molecule has 3 fully saturated rings. The molecule has 5 atom stereocenters. The van der Waals surface area contributed by atoms with Gasteiger partial charge in [0.2, 0.25) is 0 Å². The lowest BCUT2D eigenvalue weighted by atomic mass is 9.59. The maximum atomic E-state index is 10.8. The van der Waals surface area contributed by atoms with E-state index in [1.807, 2.05) is 0 Å². The van der Waals surface area contributed by atoms with E-state index in [0.29, 0.717) is 16.7 Å². The number of rotatable bonds is 1. The summed E-state index contributed by atoms with van der Waals surface area (Å²) in [6.45, 7) is 7.19. The van der Waals surface area contributed by atoms with E-state index in [4.69, 9.17) is 0 Å². The SMILES string of the molecule is C[C@@]12CC[C@@](O)(CO)[C@@H](C1)[C@@]1(C)CCC[C@@]21C. The number of aliphatic hydroxyl groups excluding tert-OH is 1. The van der Waals surface area contributed by atoms with Gasteiger partial charge in [-0.05, 0) is 54.3 Å². The van der Waals surface area contributed by atoms with Gasteiger partial charge in [0, 0.05) is 0 Å². The fraction of sp³-hybridized carbons (Fsp3) is 1.00. The van der Waals surface area contributed by atoms with Gasteiger partial charge in [-0.2, -0.15) is 0 Å². The van der Waals surface area contributed by atoms with Crippen molar-refractivity contribution in [3.05, 3.63) is 0 Å². The van der Waals surface area contributed by atoms with E-state index in [9.17, 15) is 10.2 Å². The molecule has 0 spiro atoms. The van der Waals surface area contributed by atoms with Gasteiger partial charge >= 0.3 is 0 Å². The van der Waals surface area contributed by atoms with Crippen LogP contribution < -0.4 is 0 Å². The first-order valence-electron chi connectivity index (χ1n) is 7.15. The Morgan fingerprint density at radius 1 is 1.06 bits per heavy atom. The van der Waals surface area contributed by atoms with Crippen molar-refractivity contribution in [1.82, 2.24) is 0 Å². The predicted molar refractivity (Wildman–Crippen MR) is 67.5 cm³/mol. The molecule has 0 aromatic heterocycles. The average Bonchev–Trinajstić information content (AvgIpc) is 2.67. The van der Waals surface area contributed by atoms with Crippen molar-refractivity contribution in [2.75, 3.05) is 6.61 Å². The van der Waals surface area contributed by atoms with Crippen LogP contribution in [0.25, 0.3) is 0 Å². The molecule has 0 heterocycles. The summed E-state index contributed by atoms with van der Waals surface area (Å²) in [7, 11) is 0. The Bertz CT molecular complexity index is 355. The summed E-state index contributed by atoms with van der Waals surface area (Å²) < 4.78 is 0. The minimum Gasteiger partial charge on any atom is -0.393 e. The predicted octanol–water partition coefficient (Wildman–Crippen LogP) is 2.73. The van der Waals surface area contributed by atoms with E-state index in [2.05, 4.69) is 20.8 Å². The molecule has 2 nitrogen and oxygen atoms in total. The summed E-state index contributed by atoms with van der Waals surface area (Å²) in [6.07, 6.45) is 6.80. The highest BCUT2D eigenvalue weighted by atomic mass is 16.3. The van der Waals surface area contributed by atoms with Crippen LogP contribution in [-0.4, -0.2) is 22.4 Å².